The molecule has 0 radical (unpaired) electrons. The van der Waals surface area contributed by atoms with Crippen molar-refractivity contribution in [1.82, 2.24) is 4.31 Å². The summed E-state index contributed by atoms with van der Waals surface area (Å²) in [6, 6.07) is 12.8. The SMILES string of the molecule is CC(C)c1ccc(NC(=O)C2(N)CCN(S(=O)(=O)c3ccccc3F)CC2)cc1. The van der Waals surface area contributed by atoms with Crippen LogP contribution in [0.5, 0.6) is 0 Å². The van der Waals surface area contributed by atoms with E-state index in [0.29, 0.717) is 11.6 Å². The number of sulfonamides is 1. The molecule has 1 aliphatic rings. The van der Waals surface area contributed by atoms with Gasteiger partial charge in [0.2, 0.25) is 15.9 Å². The number of nitrogens with zero attached hydrogens (tertiary/aromatic N) is 1. The van der Waals surface area contributed by atoms with E-state index in [4.69, 9.17) is 5.73 Å². The molecular weight excluding hydrogens is 393 g/mol. The van der Waals surface area contributed by atoms with Crippen LogP contribution in [0.1, 0.15) is 38.2 Å². The topological polar surface area (TPSA) is 92.5 Å². The third-order valence-corrected chi connectivity index (χ3v) is 7.29. The first-order valence-corrected chi connectivity index (χ1v) is 11.0. The Kier molecular flexibility index (Phi) is 6.07. The van der Waals surface area contributed by atoms with E-state index < -0.39 is 21.4 Å². The van der Waals surface area contributed by atoms with Crippen LogP contribution in [0.4, 0.5) is 10.1 Å². The highest BCUT2D eigenvalue weighted by atomic mass is 32.2. The summed E-state index contributed by atoms with van der Waals surface area (Å²) in [4.78, 5) is 12.4. The van der Waals surface area contributed by atoms with Crippen molar-refractivity contribution in [2.24, 2.45) is 5.73 Å². The fraction of sp³-hybridized carbons (Fsp3) is 0.381. The number of hydrogen-bond donors (Lipinski definition) is 2. The van der Waals surface area contributed by atoms with Gasteiger partial charge in [-0.2, -0.15) is 4.31 Å². The van der Waals surface area contributed by atoms with Crippen LogP contribution in [0.15, 0.2) is 53.4 Å². The van der Waals surface area contributed by atoms with Gasteiger partial charge in [0.1, 0.15) is 10.7 Å². The minimum atomic E-state index is -3.97. The number of halogens is 1. The molecule has 1 heterocycles. The van der Waals surface area contributed by atoms with Gasteiger partial charge in [-0.1, -0.05) is 38.1 Å². The van der Waals surface area contributed by atoms with Crippen molar-refractivity contribution in [2.45, 2.75) is 43.0 Å². The lowest BCUT2D eigenvalue weighted by Crippen LogP contribution is -2.58. The van der Waals surface area contributed by atoms with Gasteiger partial charge >= 0.3 is 0 Å². The average molecular weight is 420 g/mol. The summed E-state index contributed by atoms with van der Waals surface area (Å²) in [6.45, 7) is 4.27. The van der Waals surface area contributed by atoms with Gasteiger partial charge in [0.15, 0.2) is 0 Å². The first-order valence-electron chi connectivity index (χ1n) is 9.58. The Morgan fingerprint density at radius 3 is 2.24 bits per heavy atom. The number of nitrogens with one attached hydrogen (secondary N) is 1. The van der Waals surface area contributed by atoms with Gasteiger partial charge in [-0.15, -0.1) is 0 Å². The summed E-state index contributed by atoms with van der Waals surface area (Å²) in [5.74, 6) is -0.751. The molecule has 3 N–H and O–H groups in total. The molecular formula is C21H26FN3O3S. The van der Waals surface area contributed by atoms with Crippen LogP contribution in [0.2, 0.25) is 0 Å². The number of carbonyl (C=O) groups excluding carboxylic acids is 1. The molecule has 0 aliphatic carbocycles. The maximum atomic E-state index is 13.9. The molecule has 0 aromatic heterocycles. The zero-order valence-corrected chi connectivity index (χ0v) is 17.4. The predicted molar refractivity (Wildman–Crippen MR) is 110 cm³/mol. The van der Waals surface area contributed by atoms with Gasteiger partial charge in [-0.3, -0.25) is 4.79 Å². The van der Waals surface area contributed by atoms with Crippen LogP contribution >= 0.6 is 0 Å². The second-order valence-electron chi connectivity index (χ2n) is 7.72. The molecule has 2 aromatic carbocycles. The molecule has 0 spiro atoms. The summed E-state index contributed by atoms with van der Waals surface area (Å²) in [5, 5.41) is 2.82. The standard InChI is InChI=1S/C21H26FN3O3S/c1-15(2)16-7-9-17(10-8-16)24-20(26)21(23)11-13-25(14-12-21)29(27,28)19-6-4-3-5-18(19)22/h3-10,15H,11-14,23H2,1-2H3,(H,24,26). The molecule has 6 nitrogen and oxygen atoms in total. The molecule has 156 valence electrons. The van der Waals surface area contributed by atoms with Crippen LogP contribution in [-0.2, 0) is 14.8 Å². The fourth-order valence-corrected chi connectivity index (χ4v) is 4.86. The highest BCUT2D eigenvalue weighted by molar-refractivity contribution is 7.89. The first kappa shape index (κ1) is 21.4. The molecule has 1 amide bonds. The van der Waals surface area contributed by atoms with Crippen LogP contribution in [-0.4, -0.2) is 37.3 Å². The fourth-order valence-electron chi connectivity index (χ4n) is 3.35. The maximum Gasteiger partial charge on any atom is 0.245 e. The summed E-state index contributed by atoms with van der Waals surface area (Å²) in [7, 11) is -3.97. The van der Waals surface area contributed by atoms with Crippen molar-refractivity contribution >= 4 is 21.6 Å². The van der Waals surface area contributed by atoms with Crippen LogP contribution in [0, 0.1) is 5.82 Å². The van der Waals surface area contributed by atoms with Crippen molar-refractivity contribution in [1.29, 1.82) is 0 Å². The number of carbonyl (C=O) groups is 1. The van der Waals surface area contributed by atoms with Gasteiger partial charge in [0, 0.05) is 18.8 Å². The molecule has 1 saturated heterocycles. The van der Waals surface area contributed by atoms with Crippen molar-refractivity contribution in [3.63, 3.8) is 0 Å². The first-order chi connectivity index (χ1) is 13.6. The molecule has 8 heteroatoms. The molecule has 0 bridgehead atoms. The Labute approximate surface area is 171 Å². The average Bonchev–Trinajstić information content (AvgIpc) is 2.69. The lowest BCUT2D eigenvalue weighted by molar-refractivity contribution is -0.122. The molecule has 2 aromatic rings. The lowest BCUT2D eigenvalue weighted by atomic mass is 9.88. The second kappa shape index (κ2) is 8.22. The van der Waals surface area contributed by atoms with Gasteiger partial charge in [0.25, 0.3) is 0 Å². The van der Waals surface area contributed by atoms with Gasteiger partial charge < -0.3 is 11.1 Å². The molecule has 1 aliphatic heterocycles. The summed E-state index contributed by atoms with van der Waals surface area (Å²) in [6.07, 6.45) is 0.299. The van der Waals surface area contributed by atoms with E-state index in [2.05, 4.69) is 19.2 Å². The zero-order chi connectivity index (χ0) is 21.2. The largest absolute Gasteiger partial charge is 0.324 e. The van der Waals surface area contributed by atoms with Crippen LogP contribution in [0.25, 0.3) is 0 Å². The summed E-state index contributed by atoms with van der Waals surface area (Å²) >= 11 is 0. The number of amides is 1. The Morgan fingerprint density at radius 2 is 1.69 bits per heavy atom. The summed E-state index contributed by atoms with van der Waals surface area (Å²) < 4.78 is 40.6. The minimum Gasteiger partial charge on any atom is -0.324 e. The molecule has 1 fully saturated rings. The second-order valence-corrected chi connectivity index (χ2v) is 9.63. The molecule has 0 saturated carbocycles. The zero-order valence-electron chi connectivity index (χ0n) is 16.6. The molecule has 0 unspecified atom stereocenters. The van der Waals surface area contributed by atoms with E-state index in [1.807, 2.05) is 24.3 Å². The van der Waals surface area contributed by atoms with Crippen molar-refractivity contribution in [2.75, 3.05) is 18.4 Å². The third-order valence-electron chi connectivity index (χ3n) is 5.36. The Bertz CT molecular complexity index is 982. The monoisotopic (exact) mass is 419 g/mol. The Hall–Kier alpha value is -2.29. The van der Waals surface area contributed by atoms with E-state index in [1.165, 1.54) is 22.5 Å². The maximum absolute atomic E-state index is 13.9. The number of hydrogen-bond acceptors (Lipinski definition) is 4. The molecule has 0 atom stereocenters. The van der Waals surface area contributed by atoms with Crippen LogP contribution in [0.3, 0.4) is 0 Å². The normalized spacial score (nSPS) is 17.3. The van der Waals surface area contributed by atoms with E-state index >= 15 is 0 Å². The quantitative estimate of drug-likeness (QED) is 0.779. The predicted octanol–water partition coefficient (Wildman–Crippen LogP) is 3.07. The Balaban J connectivity index is 1.67. The number of anilines is 1. The van der Waals surface area contributed by atoms with Gasteiger partial charge in [0.05, 0.1) is 5.54 Å². The van der Waals surface area contributed by atoms with E-state index in [9.17, 15) is 17.6 Å². The molecule has 29 heavy (non-hydrogen) atoms. The third kappa shape index (κ3) is 4.49. The highest BCUT2D eigenvalue weighted by Gasteiger charge is 2.41. The Morgan fingerprint density at radius 1 is 1.10 bits per heavy atom. The molecule has 3 rings (SSSR count). The number of rotatable bonds is 5. The highest BCUT2D eigenvalue weighted by Crippen LogP contribution is 2.27. The number of benzene rings is 2. The van der Waals surface area contributed by atoms with E-state index in [0.717, 1.165) is 11.6 Å². The minimum absolute atomic E-state index is 0.0485. The lowest BCUT2D eigenvalue weighted by Gasteiger charge is -2.37. The van der Waals surface area contributed by atoms with Crippen molar-refractivity contribution < 1.29 is 17.6 Å². The van der Waals surface area contributed by atoms with Crippen molar-refractivity contribution in [3.8, 4) is 0 Å². The number of piperidine rings is 1. The van der Waals surface area contributed by atoms with Crippen LogP contribution < -0.4 is 11.1 Å². The van der Waals surface area contributed by atoms with Crippen molar-refractivity contribution in [3.05, 3.63) is 59.9 Å². The summed E-state index contributed by atoms with van der Waals surface area (Å²) in [5.41, 5.74) is 6.92. The number of nitrogens with two attached hydrogens (primary N) is 1. The smallest absolute Gasteiger partial charge is 0.245 e. The van der Waals surface area contributed by atoms with E-state index in [1.54, 1.807) is 0 Å². The van der Waals surface area contributed by atoms with Gasteiger partial charge in [-0.05, 0) is 48.6 Å². The van der Waals surface area contributed by atoms with E-state index in [-0.39, 0.29) is 36.7 Å². The van der Waals surface area contributed by atoms with Gasteiger partial charge in [-0.25, -0.2) is 12.8 Å².